The summed E-state index contributed by atoms with van der Waals surface area (Å²) in [6, 6.07) is 26.6. The highest BCUT2D eigenvalue weighted by Gasteiger charge is 2.21. The van der Waals surface area contributed by atoms with Gasteiger partial charge in [0, 0.05) is 6.42 Å². The van der Waals surface area contributed by atoms with Gasteiger partial charge in [-0.3, -0.25) is 9.69 Å². The molecule has 0 saturated carbocycles. The van der Waals surface area contributed by atoms with Crippen LogP contribution in [0.3, 0.4) is 0 Å². The zero-order valence-electron chi connectivity index (χ0n) is 17.4. The van der Waals surface area contributed by atoms with E-state index in [9.17, 15) is 4.79 Å². The van der Waals surface area contributed by atoms with E-state index in [1.807, 2.05) is 41.3 Å². The fourth-order valence-electron chi connectivity index (χ4n) is 3.60. The van der Waals surface area contributed by atoms with Crippen molar-refractivity contribution in [3.63, 3.8) is 0 Å². The van der Waals surface area contributed by atoms with Gasteiger partial charge in [0.2, 0.25) is 5.91 Å². The van der Waals surface area contributed by atoms with Gasteiger partial charge in [-0.15, -0.1) is 0 Å². The second kappa shape index (κ2) is 9.23. The molecular formula is C26H26N2OS. The molecule has 0 aliphatic rings. The number of benzene rings is 3. The normalized spacial score (nSPS) is 11.2. The Morgan fingerprint density at radius 3 is 2.23 bits per heavy atom. The van der Waals surface area contributed by atoms with E-state index in [4.69, 9.17) is 4.98 Å². The Morgan fingerprint density at radius 2 is 1.57 bits per heavy atom. The van der Waals surface area contributed by atoms with E-state index in [0.29, 0.717) is 18.9 Å². The van der Waals surface area contributed by atoms with Crippen LogP contribution in [-0.4, -0.2) is 10.9 Å². The van der Waals surface area contributed by atoms with Gasteiger partial charge in [-0.1, -0.05) is 98.0 Å². The first kappa shape index (κ1) is 20.3. The molecule has 0 N–H and O–H groups in total. The second-order valence-corrected chi connectivity index (χ2v) is 8.81. The molecule has 4 aromatic rings. The number of aryl methyl sites for hydroxylation is 1. The number of rotatable bonds is 7. The van der Waals surface area contributed by atoms with E-state index in [1.165, 1.54) is 11.1 Å². The van der Waals surface area contributed by atoms with E-state index in [0.717, 1.165) is 27.3 Å². The van der Waals surface area contributed by atoms with Crippen LogP contribution >= 0.6 is 11.3 Å². The lowest BCUT2D eigenvalue weighted by atomic mass is 10.0. The molecule has 0 unspecified atom stereocenters. The zero-order valence-corrected chi connectivity index (χ0v) is 18.2. The molecule has 0 aliphatic heterocycles. The Morgan fingerprint density at radius 1 is 0.900 bits per heavy atom. The molecule has 4 rings (SSSR count). The number of fused-ring (bicyclic) bond motifs is 1. The van der Waals surface area contributed by atoms with Crippen molar-refractivity contribution in [3.05, 3.63) is 95.6 Å². The molecule has 3 nitrogen and oxygen atoms in total. The topological polar surface area (TPSA) is 33.2 Å². The molecule has 0 bridgehead atoms. The summed E-state index contributed by atoms with van der Waals surface area (Å²) in [5, 5.41) is 0.778. The van der Waals surface area contributed by atoms with Crippen molar-refractivity contribution in [2.45, 2.75) is 39.2 Å². The summed E-state index contributed by atoms with van der Waals surface area (Å²) in [5.74, 6) is 0.493. The van der Waals surface area contributed by atoms with Crippen LogP contribution in [0.15, 0.2) is 78.9 Å². The maximum atomic E-state index is 13.3. The third-order valence-electron chi connectivity index (χ3n) is 5.25. The summed E-state index contributed by atoms with van der Waals surface area (Å²) in [7, 11) is 0. The van der Waals surface area contributed by atoms with Gasteiger partial charge in [0.25, 0.3) is 0 Å². The monoisotopic (exact) mass is 414 g/mol. The third kappa shape index (κ3) is 4.60. The van der Waals surface area contributed by atoms with Gasteiger partial charge < -0.3 is 0 Å². The van der Waals surface area contributed by atoms with Crippen LogP contribution in [0.2, 0.25) is 0 Å². The summed E-state index contributed by atoms with van der Waals surface area (Å²) in [4.78, 5) is 20.1. The molecule has 0 saturated heterocycles. The van der Waals surface area contributed by atoms with Gasteiger partial charge in [-0.25, -0.2) is 4.98 Å². The maximum absolute atomic E-state index is 13.3. The van der Waals surface area contributed by atoms with Gasteiger partial charge >= 0.3 is 0 Å². The van der Waals surface area contributed by atoms with Crippen LogP contribution in [0.25, 0.3) is 10.2 Å². The summed E-state index contributed by atoms with van der Waals surface area (Å²) < 4.78 is 1.13. The zero-order chi connectivity index (χ0) is 20.9. The number of nitrogens with zero attached hydrogens (tertiary/aromatic N) is 2. The summed E-state index contributed by atoms with van der Waals surface area (Å²) in [6.07, 6.45) is 1.19. The first-order chi connectivity index (χ1) is 14.6. The molecule has 0 radical (unpaired) electrons. The molecule has 30 heavy (non-hydrogen) atoms. The predicted octanol–water partition coefficient (Wildman–Crippen LogP) is 6.59. The van der Waals surface area contributed by atoms with Gasteiger partial charge in [0.05, 0.1) is 16.8 Å². The van der Waals surface area contributed by atoms with Gasteiger partial charge in [0.1, 0.15) is 0 Å². The number of carbonyl (C=O) groups excluding carboxylic acids is 1. The molecule has 3 aromatic carbocycles. The SMILES string of the molecule is CC(C)c1cccc2sc(N(Cc3ccccc3)C(=O)CCc3ccccc3)nc12. The number of anilines is 1. The van der Waals surface area contributed by atoms with Crippen molar-refractivity contribution in [2.75, 3.05) is 4.90 Å². The Kier molecular flexibility index (Phi) is 6.24. The summed E-state index contributed by atoms with van der Waals surface area (Å²) >= 11 is 1.60. The molecule has 0 fully saturated rings. The van der Waals surface area contributed by atoms with Crippen molar-refractivity contribution in [1.82, 2.24) is 4.98 Å². The fourth-order valence-corrected chi connectivity index (χ4v) is 4.62. The minimum absolute atomic E-state index is 0.104. The number of carbonyl (C=O) groups is 1. The van der Waals surface area contributed by atoms with Gasteiger partial charge in [0.15, 0.2) is 5.13 Å². The van der Waals surface area contributed by atoms with Crippen molar-refractivity contribution in [2.24, 2.45) is 0 Å². The van der Waals surface area contributed by atoms with Crippen LogP contribution in [-0.2, 0) is 17.8 Å². The van der Waals surface area contributed by atoms with E-state index in [2.05, 4.69) is 56.3 Å². The summed E-state index contributed by atoms with van der Waals surface area (Å²) in [6.45, 7) is 4.90. The number of thiazole rings is 1. The molecular weight excluding hydrogens is 388 g/mol. The van der Waals surface area contributed by atoms with Crippen LogP contribution in [0, 0.1) is 0 Å². The molecule has 152 valence electrons. The minimum Gasteiger partial charge on any atom is -0.284 e. The first-order valence-electron chi connectivity index (χ1n) is 10.4. The maximum Gasteiger partial charge on any atom is 0.229 e. The Bertz CT molecular complexity index is 1120. The number of para-hydroxylation sites is 1. The highest BCUT2D eigenvalue weighted by atomic mass is 32.1. The largest absolute Gasteiger partial charge is 0.284 e. The average Bonchev–Trinajstić information content (AvgIpc) is 3.21. The Balaban J connectivity index is 1.65. The molecule has 0 atom stereocenters. The van der Waals surface area contributed by atoms with Crippen molar-refractivity contribution in [1.29, 1.82) is 0 Å². The van der Waals surface area contributed by atoms with E-state index < -0.39 is 0 Å². The predicted molar refractivity (Wildman–Crippen MR) is 126 cm³/mol. The smallest absolute Gasteiger partial charge is 0.229 e. The standard InChI is InChI=1S/C26H26N2OS/c1-19(2)22-14-9-15-23-25(22)27-26(30-23)28(18-21-12-7-4-8-13-21)24(29)17-16-20-10-5-3-6-11-20/h3-15,19H,16-18H2,1-2H3. The summed E-state index contributed by atoms with van der Waals surface area (Å²) in [5.41, 5.74) is 4.53. The first-order valence-corrected chi connectivity index (χ1v) is 11.2. The van der Waals surface area contributed by atoms with Gasteiger partial charge in [-0.2, -0.15) is 0 Å². The Labute approximate surface area is 182 Å². The molecule has 0 aliphatic carbocycles. The van der Waals surface area contributed by atoms with E-state index in [1.54, 1.807) is 11.3 Å². The van der Waals surface area contributed by atoms with E-state index >= 15 is 0 Å². The lowest BCUT2D eigenvalue weighted by Crippen LogP contribution is -2.30. The second-order valence-electron chi connectivity index (χ2n) is 7.80. The number of hydrogen-bond acceptors (Lipinski definition) is 3. The van der Waals surface area contributed by atoms with Crippen LogP contribution in [0.4, 0.5) is 5.13 Å². The number of amides is 1. The quantitative estimate of drug-likeness (QED) is 0.342. The molecule has 1 aromatic heterocycles. The highest BCUT2D eigenvalue weighted by molar-refractivity contribution is 7.22. The molecule has 1 amide bonds. The van der Waals surface area contributed by atoms with Crippen molar-refractivity contribution in [3.8, 4) is 0 Å². The van der Waals surface area contributed by atoms with Crippen LogP contribution in [0.1, 0.15) is 42.9 Å². The van der Waals surface area contributed by atoms with Gasteiger partial charge in [-0.05, 0) is 35.1 Å². The fraction of sp³-hybridized carbons (Fsp3) is 0.231. The molecule has 1 heterocycles. The average molecular weight is 415 g/mol. The lowest BCUT2D eigenvalue weighted by molar-refractivity contribution is -0.118. The minimum atomic E-state index is 0.104. The van der Waals surface area contributed by atoms with Crippen LogP contribution in [0.5, 0.6) is 0 Å². The lowest BCUT2D eigenvalue weighted by Gasteiger charge is -2.20. The van der Waals surface area contributed by atoms with Crippen molar-refractivity contribution < 1.29 is 4.79 Å². The van der Waals surface area contributed by atoms with Crippen LogP contribution < -0.4 is 4.90 Å². The molecule has 4 heteroatoms. The Hall–Kier alpha value is -2.98. The van der Waals surface area contributed by atoms with Crippen molar-refractivity contribution >= 4 is 32.6 Å². The third-order valence-corrected chi connectivity index (χ3v) is 6.29. The highest BCUT2D eigenvalue weighted by Crippen LogP contribution is 2.34. The number of aromatic nitrogens is 1. The number of hydrogen-bond donors (Lipinski definition) is 0. The molecule has 0 spiro atoms. The van der Waals surface area contributed by atoms with E-state index in [-0.39, 0.29) is 5.91 Å².